The number of nitrogens with one attached hydrogen (secondary N) is 1. The Morgan fingerprint density at radius 2 is 2.12 bits per heavy atom. The van der Waals surface area contributed by atoms with Gasteiger partial charge < -0.3 is 14.6 Å². The van der Waals surface area contributed by atoms with Crippen molar-refractivity contribution in [3.8, 4) is 17.5 Å². The molecule has 0 amide bonds. The molecular weight excluding hydrogens is 339 g/mol. The molecule has 0 saturated heterocycles. The first-order valence-electron chi connectivity index (χ1n) is 7.69. The first-order chi connectivity index (χ1) is 12.1. The highest BCUT2D eigenvalue weighted by atomic mass is 32.1. The van der Waals surface area contributed by atoms with Crippen LogP contribution in [0.3, 0.4) is 0 Å². The number of rotatable bonds is 6. The van der Waals surface area contributed by atoms with Gasteiger partial charge in [0.05, 0.1) is 11.6 Å². The summed E-state index contributed by atoms with van der Waals surface area (Å²) in [6.45, 7) is 0.536. The molecule has 0 spiro atoms. The number of nitrogens with zero attached hydrogens (tertiary/aromatic N) is 3. The summed E-state index contributed by atoms with van der Waals surface area (Å²) in [5.74, 6) is -0.0941. The fourth-order valence-corrected chi connectivity index (χ4v) is 3.40. The lowest BCUT2D eigenvalue weighted by Gasteiger charge is -2.23. The van der Waals surface area contributed by atoms with Gasteiger partial charge >= 0.3 is 0 Å². The Labute approximate surface area is 149 Å². The van der Waals surface area contributed by atoms with Crippen molar-refractivity contribution in [2.45, 2.75) is 6.04 Å². The van der Waals surface area contributed by atoms with E-state index in [0.717, 1.165) is 0 Å². The van der Waals surface area contributed by atoms with Crippen molar-refractivity contribution in [2.75, 3.05) is 26.0 Å². The Morgan fingerprint density at radius 1 is 1.32 bits per heavy atom. The largest absolute Gasteiger partial charge is 0.419 e. The third-order valence-electron chi connectivity index (χ3n) is 3.79. The van der Waals surface area contributed by atoms with E-state index >= 15 is 0 Å². The van der Waals surface area contributed by atoms with E-state index in [0.29, 0.717) is 6.54 Å². The standard InChI is InChI=1S/C18H17FN4OS/c1-23(2)15(16-8-5-9-25-16)11-21-18-14(10-20)22-17(24-18)12-6-3-4-7-13(12)19/h3-9,15,21H,11H2,1-2H3/t15-/m0/s1. The van der Waals surface area contributed by atoms with Crippen LogP contribution in [0.1, 0.15) is 16.6 Å². The van der Waals surface area contributed by atoms with Crippen LogP contribution in [0.15, 0.2) is 46.2 Å². The van der Waals surface area contributed by atoms with Crippen molar-refractivity contribution in [3.63, 3.8) is 0 Å². The molecule has 0 aliphatic carbocycles. The number of anilines is 1. The van der Waals surface area contributed by atoms with E-state index in [-0.39, 0.29) is 29.1 Å². The van der Waals surface area contributed by atoms with Crippen LogP contribution in [0.2, 0.25) is 0 Å². The molecule has 0 unspecified atom stereocenters. The molecule has 2 aromatic heterocycles. The molecule has 128 valence electrons. The van der Waals surface area contributed by atoms with Gasteiger partial charge in [-0.15, -0.1) is 11.3 Å². The Bertz CT molecular complexity index is 883. The van der Waals surface area contributed by atoms with Gasteiger partial charge in [-0.05, 0) is 37.7 Å². The molecule has 0 saturated carbocycles. The molecule has 0 fully saturated rings. The average Bonchev–Trinajstić information content (AvgIpc) is 3.25. The van der Waals surface area contributed by atoms with Crippen LogP contribution in [-0.4, -0.2) is 30.5 Å². The normalized spacial score (nSPS) is 12.1. The van der Waals surface area contributed by atoms with Crippen LogP contribution >= 0.6 is 11.3 Å². The average molecular weight is 356 g/mol. The smallest absolute Gasteiger partial charge is 0.233 e. The van der Waals surface area contributed by atoms with Crippen LogP contribution in [0.5, 0.6) is 0 Å². The quantitative estimate of drug-likeness (QED) is 0.719. The van der Waals surface area contributed by atoms with Crippen LogP contribution in [-0.2, 0) is 0 Å². The minimum absolute atomic E-state index is 0.0923. The molecule has 1 atom stereocenters. The summed E-state index contributed by atoms with van der Waals surface area (Å²) in [7, 11) is 3.98. The predicted octanol–water partition coefficient (Wildman–Crippen LogP) is 4.13. The van der Waals surface area contributed by atoms with Gasteiger partial charge in [0.25, 0.3) is 0 Å². The first-order valence-corrected chi connectivity index (χ1v) is 8.57. The van der Waals surface area contributed by atoms with E-state index in [2.05, 4.69) is 21.3 Å². The number of benzene rings is 1. The van der Waals surface area contributed by atoms with Crippen molar-refractivity contribution in [3.05, 3.63) is 58.2 Å². The highest BCUT2D eigenvalue weighted by Gasteiger charge is 2.20. The van der Waals surface area contributed by atoms with Gasteiger partial charge in [-0.3, -0.25) is 0 Å². The highest BCUT2D eigenvalue weighted by Crippen LogP contribution is 2.29. The zero-order valence-electron chi connectivity index (χ0n) is 13.9. The zero-order chi connectivity index (χ0) is 17.8. The number of halogens is 1. The number of nitriles is 1. The number of likely N-dealkylation sites (N-methyl/N-ethyl adjacent to an activating group) is 1. The Morgan fingerprint density at radius 3 is 2.76 bits per heavy atom. The Kier molecular flexibility index (Phi) is 5.12. The van der Waals surface area contributed by atoms with E-state index in [9.17, 15) is 9.65 Å². The molecule has 0 aliphatic heterocycles. The summed E-state index contributed by atoms with van der Waals surface area (Å²) in [5.41, 5.74) is 0.344. The molecule has 2 heterocycles. The van der Waals surface area contributed by atoms with Crippen molar-refractivity contribution in [1.82, 2.24) is 9.88 Å². The van der Waals surface area contributed by atoms with Gasteiger partial charge in [0, 0.05) is 11.4 Å². The lowest BCUT2D eigenvalue weighted by Crippen LogP contribution is -2.26. The molecule has 5 nitrogen and oxygen atoms in total. The predicted molar refractivity (Wildman–Crippen MR) is 95.8 cm³/mol. The minimum atomic E-state index is -0.440. The number of hydrogen-bond donors (Lipinski definition) is 1. The molecular formula is C18H17FN4OS. The highest BCUT2D eigenvalue weighted by molar-refractivity contribution is 7.10. The number of hydrogen-bond acceptors (Lipinski definition) is 6. The maximum absolute atomic E-state index is 13.9. The molecule has 0 radical (unpaired) electrons. The molecule has 0 bridgehead atoms. The summed E-state index contributed by atoms with van der Waals surface area (Å²) in [5, 5.41) is 14.5. The number of oxazole rings is 1. The van der Waals surface area contributed by atoms with Crippen molar-refractivity contribution >= 4 is 17.2 Å². The topological polar surface area (TPSA) is 65.1 Å². The second-order valence-electron chi connectivity index (χ2n) is 5.66. The maximum atomic E-state index is 13.9. The van der Waals surface area contributed by atoms with Crippen molar-refractivity contribution in [2.24, 2.45) is 0 Å². The Balaban J connectivity index is 1.83. The maximum Gasteiger partial charge on any atom is 0.233 e. The van der Waals surface area contributed by atoms with Crippen molar-refractivity contribution < 1.29 is 8.81 Å². The monoisotopic (exact) mass is 356 g/mol. The van der Waals surface area contributed by atoms with E-state index in [1.165, 1.54) is 10.9 Å². The van der Waals surface area contributed by atoms with Gasteiger partial charge in [-0.1, -0.05) is 18.2 Å². The second-order valence-corrected chi connectivity index (χ2v) is 6.64. The molecule has 3 rings (SSSR count). The fraction of sp³-hybridized carbons (Fsp3) is 0.222. The zero-order valence-corrected chi connectivity index (χ0v) is 14.7. The Hall–Kier alpha value is -2.69. The summed E-state index contributed by atoms with van der Waals surface area (Å²) >= 11 is 1.67. The number of thiophene rings is 1. The van der Waals surface area contributed by atoms with Crippen LogP contribution in [0.4, 0.5) is 10.3 Å². The van der Waals surface area contributed by atoms with Crippen LogP contribution in [0.25, 0.3) is 11.5 Å². The summed E-state index contributed by atoms with van der Waals surface area (Å²) in [6.07, 6.45) is 0. The SMILES string of the molecule is CN(C)[C@@H](CNc1oc(-c2ccccc2F)nc1C#N)c1cccs1. The van der Waals surface area contributed by atoms with Gasteiger partial charge in [0.1, 0.15) is 11.9 Å². The molecule has 3 aromatic rings. The van der Waals surface area contributed by atoms with Gasteiger partial charge in [0.15, 0.2) is 0 Å². The van der Waals surface area contributed by atoms with Gasteiger partial charge in [0.2, 0.25) is 17.5 Å². The first kappa shape index (κ1) is 17.1. The summed E-state index contributed by atoms with van der Waals surface area (Å²) in [6, 6.07) is 12.4. The van der Waals surface area contributed by atoms with Crippen LogP contribution < -0.4 is 5.32 Å². The van der Waals surface area contributed by atoms with E-state index in [1.807, 2.05) is 31.6 Å². The lowest BCUT2D eigenvalue weighted by molar-refractivity contribution is 0.315. The minimum Gasteiger partial charge on any atom is -0.419 e. The van der Waals surface area contributed by atoms with E-state index in [1.54, 1.807) is 29.5 Å². The molecule has 7 heteroatoms. The molecule has 1 aromatic carbocycles. The molecule has 25 heavy (non-hydrogen) atoms. The third kappa shape index (κ3) is 3.71. The second kappa shape index (κ2) is 7.47. The third-order valence-corrected chi connectivity index (χ3v) is 4.76. The molecule has 0 aliphatic rings. The molecule has 1 N–H and O–H groups in total. The summed E-state index contributed by atoms with van der Waals surface area (Å²) in [4.78, 5) is 7.39. The van der Waals surface area contributed by atoms with Gasteiger partial charge in [-0.25, -0.2) is 4.39 Å². The van der Waals surface area contributed by atoms with E-state index in [4.69, 9.17) is 4.42 Å². The fourth-order valence-electron chi connectivity index (χ4n) is 2.47. The lowest BCUT2D eigenvalue weighted by atomic mass is 10.2. The number of aromatic nitrogens is 1. The van der Waals surface area contributed by atoms with E-state index < -0.39 is 5.82 Å². The van der Waals surface area contributed by atoms with Crippen molar-refractivity contribution in [1.29, 1.82) is 5.26 Å². The van der Waals surface area contributed by atoms with Gasteiger partial charge in [-0.2, -0.15) is 10.2 Å². The summed E-state index contributed by atoms with van der Waals surface area (Å²) < 4.78 is 19.5. The van der Waals surface area contributed by atoms with Crippen LogP contribution in [0, 0.1) is 17.1 Å².